The van der Waals surface area contributed by atoms with E-state index in [1.807, 2.05) is 55.5 Å². The second-order valence-electron chi connectivity index (χ2n) is 5.62. The molecule has 0 saturated carbocycles. The largest absolute Gasteiger partial charge is 0.384 e. The van der Waals surface area contributed by atoms with Crippen LogP contribution in [0.2, 0.25) is 0 Å². The number of hydrogen-bond donors (Lipinski definition) is 2. The van der Waals surface area contributed by atoms with E-state index >= 15 is 0 Å². The van der Waals surface area contributed by atoms with E-state index in [1.54, 1.807) is 0 Å². The molecule has 2 aromatic carbocycles. The topological polar surface area (TPSA) is 49.5 Å². The minimum atomic E-state index is -0.884. The van der Waals surface area contributed by atoms with Crippen molar-refractivity contribution < 1.29 is 5.11 Å². The van der Waals surface area contributed by atoms with Crippen molar-refractivity contribution in [1.82, 2.24) is 4.90 Å². The highest BCUT2D eigenvalue weighted by atomic mass is 16.3. The van der Waals surface area contributed by atoms with Gasteiger partial charge >= 0.3 is 0 Å². The molecule has 1 unspecified atom stereocenters. The molecule has 112 valence electrons. The average molecular weight is 284 g/mol. The Balaban J connectivity index is 2.08. The summed E-state index contributed by atoms with van der Waals surface area (Å²) in [6, 6.07) is 20.1. The highest BCUT2D eigenvalue weighted by molar-refractivity contribution is 5.22. The molecule has 3 N–H and O–H groups in total. The smallest absolute Gasteiger partial charge is 0.0994 e. The molecule has 2 rings (SSSR count). The molecule has 0 bridgehead atoms. The minimum absolute atomic E-state index is 0.559. The molecule has 0 spiro atoms. The molecule has 1 atom stereocenters. The third-order valence-corrected chi connectivity index (χ3v) is 3.62. The quantitative estimate of drug-likeness (QED) is 0.820. The molecule has 21 heavy (non-hydrogen) atoms. The maximum absolute atomic E-state index is 10.8. The zero-order chi connectivity index (χ0) is 15.1. The van der Waals surface area contributed by atoms with Crippen molar-refractivity contribution >= 4 is 0 Å². The van der Waals surface area contributed by atoms with E-state index in [4.69, 9.17) is 5.73 Å². The zero-order valence-electron chi connectivity index (χ0n) is 12.6. The Labute approximate surface area is 127 Å². The van der Waals surface area contributed by atoms with E-state index in [0.717, 1.165) is 18.7 Å². The van der Waals surface area contributed by atoms with Gasteiger partial charge in [0.1, 0.15) is 0 Å². The molecule has 0 heterocycles. The monoisotopic (exact) mass is 284 g/mol. The van der Waals surface area contributed by atoms with Crippen molar-refractivity contribution in [2.75, 3.05) is 19.6 Å². The lowest BCUT2D eigenvalue weighted by molar-refractivity contribution is 0.0142. The van der Waals surface area contributed by atoms with E-state index in [-0.39, 0.29) is 0 Å². The van der Waals surface area contributed by atoms with Crippen LogP contribution in [0.5, 0.6) is 0 Å². The SMILES string of the molecule is CC(O)(CN(CCN)Cc1ccccc1)c1ccccc1. The van der Waals surface area contributed by atoms with Crippen LogP contribution in [0.15, 0.2) is 60.7 Å². The zero-order valence-corrected chi connectivity index (χ0v) is 12.6. The first-order valence-corrected chi connectivity index (χ1v) is 7.36. The molecule has 0 aliphatic carbocycles. The summed E-state index contributed by atoms with van der Waals surface area (Å²) in [6.07, 6.45) is 0. The Morgan fingerprint density at radius 2 is 1.57 bits per heavy atom. The van der Waals surface area contributed by atoms with E-state index in [0.29, 0.717) is 13.1 Å². The van der Waals surface area contributed by atoms with Crippen molar-refractivity contribution in [2.45, 2.75) is 19.1 Å². The van der Waals surface area contributed by atoms with Gasteiger partial charge in [-0.3, -0.25) is 4.90 Å². The average Bonchev–Trinajstić information content (AvgIpc) is 2.49. The van der Waals surface area contributed by atoms with Gasteiger partial charge in [0.15, 0.2) is 0 Å². The lowest BCUT2D eigenvalue weighted by Crippen LogP contribution is -2.40. The van der Waals surface area contributed by atoms with Gasteiger partial charge in [0, 0.05) is 26.2 Å². The first-order valence-electron chi connectivity index (χ1n) is 7.36. The lowest BCUT2D eigenvalue weighted by Gasteiger charge is -2.32. The summed E-state index contributed by atoms with van der Waals surface area (Å²) in [4.78, 5) is 2.20. The van der Waals surface area contributed by atoms with Crippen LogP contribution in [0, 0.1) is 0 Å². The van der Waals surface area contributed by atoms with Gasteiger partial charge in [0.25, 0.3) is 0 Å². The molecule has 0 aliphatic heterocycles. The highest BCUT2D eigenvalue weighted by Crippen LogP contribution is 2.22. The predicted octanol–water partition coefficient (Wildman–Crippen LogP) is 2.35. The van der Waals surface area contributed by atoms with Crippen LogP contribution >= 0.6 is 0 Å². The van der Waals surface area contributed by atoms with E-state index in [1.165, 1.54) is 5.56 Å². The Morgan fingerprint density at radius 1 is 1.00 bits per heavy atom. The van der Waals surface area contributed by atoms with Crippen LogP contribution in [-0.2, 0) is 12.1 Å². The number of rotatable bonds is 7. The first-order chi connectivity index (χ1) is 10.1. The van der Waals surface area contributed by atoms with Gasteiger partial charge in [0.05, 0.1) is 5.60 Å². The van der Waals surface area contributed by atoms with Gasteiger partial charge in [-0.25, -0.2) is 0 Å². The fourth-order valence-corrected chi connectivity index (χ4v) is 2.56. The van der Waals surface area contributed by atoms with Gasteiger partial charge in [-0.2, -0.15) is 0 Å². The summed E-state index contributed by atoms with van der Waals surface area (Å²) in [5.41, 5.74) is 7.00. The fourth-order valence-electron chi connectivity index (χ4n) is 2.56. The van der Waals surface area contributed by atoms with Crippen LogP contribution < -0.4 is 5.73 Å². The van der Waals surface area contributed by atoms with Gasteiger partial charge in [-0.1, -0.05) is 60.7 Å². The molecular formula is C18H24N2O. The number of nitrogens with two attached hydrogens (primary N) is 1. The molecular weight excluding hydrogens is 260 g/mol. The summed E-state index contributed by atoms with van der Waals surface area (Å²) >= 11 is 0. The molecule has 0 amide bonds. The number of aliphatic hydroxyl groups is 1. The van der Waals surface area contributed by atoms with Crippen molar-refractivity contribution in [1.29, 1.82) is 0 Å². The summed E-state index contributed by atoms with van der Waals surface area (Å²) in [6.45, 7) is 4.55. The molecule has 3 nitrogen and oxygen atoms in total. The maximum Gasteiger partial charge on any atom is 0.0994 e. The third kappa shape index (κ3) is 4.67. The first kappa shape index (κ1) is 15.7. The van der Waals surface area contributed by atoms with Crippen LogP contribution in [0.4, 0.5) is 0 Å². The van der Waals surface area contributed by atoms with Gasteiger partial charge in [0.2, 0.25) is 0 Å². The van der Waals surface area contributed by atoms with Crippen molar-refractivity contribution in [3.8, 4) is 0 Å². The standard InChI is InChI=1S/C18H24N2O/c1-18(21,17-10-6-3-7-11-17)15-20(13-12-19)14-16-8-4-2-5-9-16/h2-11,21H,12-15,19H2,1H3. The summed E-state index contributed by atoms with van der Waals surface area (Å²) < 4.78 is 0. The van der Waals surface area contributed by atoms with E-state index in [9.17, 15) is 5.11 Å². The molecule has 0 aliphatic rings. The second-order valence-corrected chi connectivity index (χ2v) is 5.62. The van der Waals surface area contributed by atoms with Gasteiger partial charge < -0.3 is 10.8 Å². The Kier molecular flexibility index (Phi) is 5.51. The second kappa shape index (κ2) is 7.36. The molecule has 0 aromatic heterocycles. The van der Waals surface area contributed by atoms with Crippen LogP contribution in [0.3, 0.4) is 0 Å². The molecule has 0 fully saturated rings. The normalized spacial score (nSPS) is 14.1. The fraction of sp³-hybridized carbons (Fsp3) is 0.333. The molecule has 0 radical (unpaired) electrons. The molecule has 0 saturated heterocycles. The number of benzene rings is 2. The highest BCUT2D eigenvalue weighted by Gasteiger charge is 2.25. The maximum atomic E-state index is 10.8. The summed E-state index contributed by atoms with van der Waals surface area (Å²) in [5, 5.41) is 10.8. The number of nitrogens with zero attached hydrogens (tertiary/aromatic N) is 1. The Hall–Kier alpha value is -1.68. The van der Waals surface area contributed by atoms with Crippen LogP contribution in [-0.4, -0.2) is 29.6 Å². The van der Waals surface area contributed by atoms with Crippen LogP contribution in [0.1, 0.15) is 18.1 Å². The summed E-state index contributed by atoms with van der Waals surface area (Å²) in [5.74, 6) is 0. The molecule has 2 aromatic rings. The van der Waals surface area contributed by atoms with E-state index < -0.39 is 5.60 Å². The number of hydrogen-bond acceptors (Lipinski definition) is 3. The third-order valence-electron chi connectivity index (χ3n) is 3.62. The Bertz CT molecular complexity index is 525. The summed E-state index contributed by atoms with van der Waals surface area (Å²) in [7, 11) is 0. The Morgan fingerprint density at radius 3 is 2.14 bits per heavy atom. The van der Waals surface area contributed by atoms with Crippen molar-refractivity contribution in [2.24, 2.45) is 5.73 Å². The van der Waals surface area contributed by atoms with E-state index in [2.05, 4.69) is 17.0 Å². The minimum Gasteiger partial charge on any atom is -0.384 e. The van der Waals surface area contributed by atoms with Crippen molar-refractivity contribution in [3.63, 3.8) is 0 Å². The predicted molar refractivity (Wildman–Crippen MR) is 86.8 cm³/mol. The van der Waals surface area contributed by atoms with Crippen molar-refractivity contribution in [3.05, 3.63) is 71.8 Å². The van der Waals surface area contributed by atoms with Crippen LogP contribution in [0.25, 0.3) is 0 Å². The lowest BCUT2D eigenvalue weighted by atomic mass is 9.95. The van der Waals surface area contributed by atoms with Gasteiger partial charge in [-0.05, 0) is 18.1 Å². The van der Waals surface area contributed by atoms with Gasteiger partial charge in [-0.15, -0.1) is 0 Å². The molecule has 3 heteroatoms.